The number of fused-ring (bicyclic) bond motifs is 1. The van der Waals surface area contributed by atoms with E-state index in [1.807, 2.05) is 0 Å². The highest BCUT2D eigenvalue weighted by molar-refractivity contribution is 5.79. The second-order valence-electron chi connectivity index (χ2n) is 8.11. The molecule has 0 unspecified atom stereocenters. The van der Waals surface area contributed by atoms with Crippen LogP contribution in [0.2, 0.25) is 0 Å². The summed E-state index contributed by atoms with van der Waals surface area (Å²) in [5.41, 5.74) is -1.25. The zero-order valence-electron chi connectivity index (χ0n) is 16.3. The SMILES string of the molecule is O=C1CO[C@H]2CCN(C(=O)N3CC(CCc4c(F)cccc4C(F)(F)F)C3)C[C@H]2N1. The number of nitrogens with one attached hydrogen (secondary N) is 1. The number of hydrogen-bond donors (Lipinski definition) is 1. The number of alkyl halides is 3. The number of rotatable bonds is 3. The highest BCUT2D eigenvalue weighted by Crippen LogP contribution is 2.34. The van der Waals surface area contributed by atoms with Crippen molar-refractivity contribution in [2.45, 2.75) is 37.6 Å². The van der Waals surface area contributed by atoms with Crippen molar-refractivity contribution in [2.24, 2.45) is 5.92 Å². The van der Waals surface area contributed by atoms with E-state index in [1.165, 1.54) is 0 Å². The predicted octanol–water partition coefficient (Wildman–Crippen LogP) is 2.42. The van der Waals surface area contributed by atoms with Gasteiger partial charge in [-0.15, -0.1) is 0 Å². The number of hydrogen-bond acceptors (Lipinski definition) is 3. The number of amides is 3. The Morgan fingerprint density at radius 3 is 2.70 bits per heavy atom. The lowest BCUT2D eigenvalue weighted by atomic mass is 9.91. The van der Waals surface area contributed by atoms with Gasteiger partial charge in [-0.2, -0.15) is 13.2 Å². The zero-order valence-corrected chi connectivity index (χ0v) is 16.3. The van der Waals surface area contributed by atoms with Crippen molar-refractivity contribution < 1.29 is 31.9 Å². The van der Waals surface area contributed by atoms with Crippen LogP contribution in [0, 0.1) is 11.7 Å². The van der Waals surface area contributed by atoms with Gasteiger partial charge in [0.25, 0.3) is 0 Å². The Kier molecular flexibility index (Phi) is 5.61. The Morgan fingerprint density at radius 2 is 1.97 bits per heavy atom. The van der Waals surface area contributed by atoms with E-state index in [0.717, 1.165) is 18.2 Å². The third-order valence-corrected chi connectivity index (χ3v) is 6.05. The number of piperidine rings is 1. The summed E-state index contributed by atoms with van der Waals surface area (Å²) in [6.07, 6.45) is -3.68. The molecule has 4 rings (SSSR count). The molecule has 30 heavy (non-hydrogen) atoms. The second kappa shape index (κ2) is 8.05. The molecule has 0 aliphatic carbocycles. The molecule has 0 spiro atoms. The summed E-state index contributed by atoms with van der Waals surface area (Å²) in [4.78, 5) is 27.5. The monoisotopic (exact) mass is 429 g/mol. The van der Waals surface area contributed by atoms with Gasteiger partial charge in [-0.25, -0.2) is 9.18 Å². The van der Waals surface area contributed by atoms with Crippen molar-refractivity contribution in [3.8, 4) is 0 Å². The number of urea groups is 1. The molecular formula is C20H23F4N3O3. The maximum atomic E-state index is 14.0. The molecule has 1 N–H and O–H groups in total. The van der Waals surface area contributed by atoms with Gasteiger partial charge in [0.2, 0.25) is 5.91 Å². The Morgan fingerprint density at radius 1 is 1.20 bits per heavy atom. The molecule has 164 valence electrons. The highest BCUT2D eigenvalue weighted by atomic mass is 19.4. The maximum Gasteiger partial charge on any atom is 0.416 e. The first kappa shape index (κ1) is 20.9. The summed E-state index contributed by atoms with van der Waals surface area (Å²) in [7, 11) is 0. The third-order valence-electron chi connectivity index (χ3n) is 6.05. The first-order valence-electron chi connectivity index (χ1n) is 10.0. The lowest BCUT2D eigenvalue weighted by molar-refractivity contribution is -0.140. The molecule has 3 aliphatic rings. The van der Waals surface area contributed by atoms with Gasteiger partial charge in [0, 0.05) is 31.7 Å². The van der Waals surface area contributed by atoms with Crippen LogP contribution in [0.5, 0.6) is 0 Å². The van der Waals surface area contributed by atoms with Crippen molar-refractivity contribution >= 4 is 11.9 Å². The number of halogens is 4. The number of ether oxygens (including phenoxy) is 1. The Labute approximate surface area is 171 Å². The minimum Gasteiger partial charge on any atom is -0.366 e. The fourth-order valence-corrected chi connectivity index (χ4v) is 4.41. The summed E-state index contributed by atoms with van der Waals surface area (Å²) in [6.45, 7) is 1.81. The van der Waals surface area contributed by atoms with Crippen LogP contribution in [-0.4, -0.2) is 66.7 Å². The van der Waals surface area contributed by atoms with Gasteiger partial charge in [0.1, 0.15) is 12.4 Å². The standard InChI is InChI=1S/C20H23F4N3O3/c21-15-3-1-2-14(20(22,23)24)13(15)5-4-12-8-27(9-12)19(29)26-7-6-17-16(10-26)25-18(28)11-30-17/h1-3,12,16-17H,4-11H2,(H,25,28)/t16-,17+/m1/s1. The molecule has 10 heteroatoms. The van der Waals surface area contributed by atoms with Crippen LogP contribution in [0.25, 0.3) is 0 Å². The number of morpholine rings is 1. The Balaban J connectivity index is 1.28. The maximum absolute atomic E-state index is 14.0. The number of carbonyl (C=O) groups is 2. The van der Waals surface area contributed by atoms with Gasteiger partial charge < -0.3 is 19.9 Å². The molecule has 1 aromatic carbocycles. The third kappa shape index (κ3) is 4.23. The normalized spacial score (nSPS) is 24.9. The molecule has 3 amide bonds. The molecule has 0 bridgehead atoms. The summed E-state index contributed by atoms with van der Waals surface area (Å²) >= 11 is 0. The molecule has 6 nitrogen and oxygen atoms in total. The Hall–Kier alpha value is -2.36. The summed E-state index contributed by atoms with van der Waals surface area (Å²) < 4.78 is 58.7. The summed E-state index contributed by atoms with van der Waals surface area (Å²) in [5.74, 6) is -1.01. The first-order chi connectivity index (χ1) is 14.2. The van der Waals surface area contributed by atoms with E-state index < -0.39 is 17.6 Å². The van der Waals surface area contributed by atoms with E-state index in [9.17, 15) is 27.2 Å². The summed E-state index contributed by atoms with van der Waals surface area (Å²) in [5, 5.41) is 2.84. The van der Waals surface area contributed by atoms with E-state index in [-0.39, 0.29) is 48.6 Å². The van der Waals surface area contributed by atoms with Gasteiger partial charge in [0.15, 0.2) is 0 Å². The van der Waals surface area contributed by atoms with Crippen LogP contribution in [0.15, 0.2) is 18.2 Å². The number of carbonyl (C=O) groups excluding carboxylic acids is 2. The molecule has 3 aliphatic heterocycles. The highest BCUT2D eigenvalue weighted by Gasteiger charge is 2.40. The molecule has 1 aromatic rings. The van der Waals surface area contributed by atoms with Crippen LogP contribution in [0.3, 0.4) is 0 Å². The van der Waals surface area contributed by atoms with Gasteiger partial charge in [-0.05, 0) is 37.3 Å². The molecule has 3 fully saturated rings. The average molecular weight is 429 g/mol. The van der Waals surface area contributed by atoms with Gasteiger partial charge in [-0.1, -0.05) is 6.07 Å². The minimum atomic E-state index is -4.59. The van der Waals surface area contributed by atoms with E-state index in [4.69, 9.17) is 4.74 Å². The van der Waals surface area contributed by atoms with E-state index >= 15 is 0 Å². The number of nitrogens with zero attached hydrogens (tertiary/aromatic N) is 2. The number of likely N-dealkylation sites (tertiary alicyclic amines) is 2. The minimum absolute atomic E-state index is 0.0228. The average Bonchev–Trinajstić information content (AvgIpc) is 2.66. The molecule has 0 radical (unpaired) electrons. The molecule has 3 heterocycles. The van der Waals surface area contributed by atoms with Gasteiger partial charge in [-0.3, -0.25) is 4.79 Å². The zero-order chi connectivity index (χ0) is 21.5. The molecule has 3 saturated heterocycles. The fraction of sp³-hybridized carbons (Fsp3) is 0.600. The van der Waals surface area contributed by atoms with Gasteiger partial charge in [0.05, 0.1) is 17.7 Å². The molecule has 0 aromatic heterocycles. The first-order valence-corrected chi connectivity index (χ1v) is 10.0. The quantitative estimate of drug-likeness (QED) is 0.751. The van der Waals surface area contributed by atoms with Crippen LogP contribution in [-0.2, 0) is 22.1 Å². The summed E-state index contributed by atoms with van der Waals surface area (Å²) in [6, 6.07) is 2.63. The lowest BCUT2D eigenvalue weighted by Crippen LogP contribution is -2.64. The molecule has 2 atom stereocenters. The topological polar surface area (TPSA) is 61.9 Å². The molecular weight excluding hydrogens is 406 g/mol. The van der Waals surface area contributed by atoms with Gasteiger partial charge >= 0.3 is 12.2 Å². The number of benzene rings is 1. The smallest absolute Gasteiger partial charge is 0.366 e. The van der Waals surface area contributed by atoms with Crippen molar-refractivity contribution in [3.63, 3.8) is 0 Å². The van der Waals surface area contributed by atoms with Crippen molar-refractivity contribution in [3.05, 3.63) is 35.1 Å². The van der Waals surface area contributed by atoms with E-state index in [1.54, 1.807) is 9.80 Å². The molecule has 0 saturated carbocycles. The van der Waals surface area contributed by atoms with Crippen molar-refractivity contribution in [1.29, 1.82) is 0 Å². The largest absolute Gasteiger partial charge is 0.416 e. The van der Waals surface area contributed by atoms with Crippen LogP contribution in [0.1, 0.15) is 24.0 Å². The predicted molar refractivity (Wildman–Crippen MR) is 98.0 cm³/mol. The van der Waals surface area contributed by atoms with E-state index in [0.29, 0.717) is 39.0 Å². The van der Waals surface area contributed by atoms with Crippen molar-refractivity contribution in [1.82, 2.24) is 15.1 Å². The van der Waals surface area contributed by atoms with Crippen LogP contribution in [0.4, 0.5) is 22.4 Å². The van der Waals surface area contributed by atoms with Crippen molar-refractivity contribution in [2.75, 3.05) is 32.8 Å². The lowest BCUT2D eigenvalue weighted by Gasteiger charge is -2.46. The van der Waals surface area contributed by atoms with Crippen LogP contribution >= 0.6 is 0 Å². The van der Waals surface area contributed by atoms with E-state index in [2.05, 4.69) is 5.32 Å². The fourth-order valence-electron chi connectivity index (χ4n) is 4.41. The Bertz CT molecular complexity index is 826. The second-order valence-corrected chi connectivity index (χ2v) is 8.11. The van der Waals surface area contributed by atoms with Crippen LogP contribution < -0.4 is 5.32 Å².